The largest absolute Gasteiger partial charge is 0.459 e. The Bertz CT molecular complexity index is 1100. The second kappa shape index (κ2) is 9.34. The molecular formula is C23H22N4O5. The fourth-order valence-corrected chi connectivity index (χ4v) is 3.49. The van der Waals surface area contributed by atoms with Gasteiger partial charge < -0.3 is 25.1 Å². The van der Waals surface area contributed by atoms with Crippen LogP contribution in [-0.4, -0.2) is 40.7 Å². The highest BCUT2D eigenvalue weighted by molar-refractivity contribution is 5.94. The van der Waals surface area contributed by atoms with Crippen molar-refractivity contribution >= 4 is 23.4 Å². The van der Waals surface area contributed by atoms with Gasteiger partial charge in [-0.05, 0) is 49.2 Å². The third kappa shape index (κ3) is 4.94. The SMILES string of the molecule is NC(=O)c1cccc(Oc2ccc(NC(=O)C3CCN(C(=O)c4ccco4)CC3)cn2)c1. The molecule has 0 spiro atoms. The summed E-state index contributed by atoms with van der Waals surface area (Å²) in [7, 11) is 0. The molecule has 32 heavy (non-hydrogen) atoms. The van der Waals surface area contributed by atoms with Gasteiger partial charge in [0.25, 0.3) is 5.91 Å². The molecule has 0 unspecified atom stereocenters. The zero-order chi connectivity index (χ0) is 22.5. The molecule has 9 nitrogen and oxygen atoms in total. The van der Waals surface area contributed by atoms with Crippen molar-refractivity contribution in [3.8, 4) is 11.6 Å². The van der Waals surface area contributed by atoms with Gasteiger partial charge >= 0.3 is 0 Å². The molecule has 1 aliphatic rings. The van der Waals surface area contributed by atoms with Gasteiger partial charge in [0.2, 0.25) is 17.7 Å². The molecule has 4 rings (SSSR count). The van der Waals surface area contributed by atoms with Crippen molar-refractivity contribution in [3.63, 3.8) is 0 Å². The van der Waals surface area contributed by atoms with Gasteiger partial charge in [-0.1, -0.05) is 6.07 Å². The predicted molar refractivity (Wildman–Crippen MR) is 115 cm³/mol. The number of ether oxygens (including phenoxy) is 1. The number of nitrogens with zero attached hydrogens (tertiary/aromatic N) is 2. The molecule has 3 N–H and O–H groups in total. The number of likely N-dealkylation sites (tertiary alicyclic amines) is 1. The van der Waals surface area contributed by atoms with Crippen molar-refractivity contribution < 1.29 is 23.5 Å². The summed E-state index contributed by atoms with van der Waals surface area (Å²) in [5.41, 5.74) is 6.15. The molecule has 164 valence electrons. The number of benzene rings is 1. The van der Waals surface area contributed by atoms with Gasteiger partial charge in [-0.15, -0.1) is 0 Å². The highest BCUT2D eigenvalue weighted by Gasteiger charge is 2.28. The Labute approximate surface area is 184 Å². The zero-order valence-electron chi connectivity index (χ0n) is 17.2. The molecule has 0 atom stereocenters. The lowest BCUT2D eigenvalue weighted by molar-refractivity contribution is -0.121. The maximum absolute atomic E-state index is 12.6. The van der Waals surface area contributed by atoms with E-state index in [1.54, 1.807) is 47.4 Å². The van der Waals surface area contributed by atoms with E-state index >= 15 is 0 Å². The van der Waals surface area contributed by atoms with Crippen molar-refractivity contribution in [1.82, 2.24) is 9.88 Å². The topological polar surface area (TPSA) is 128 Å². The predicted octanol–water partition coefficient (Wildman–Crippen LogP) is 3.06. The molecule has 3 amide bonds. The third-order valence-corrected chi connectivity index (χ3v) is 5.23. The minimum atomic E-state index is -0.544. The van der Waals surface area contributed by atoms with E-state index in [0.29, 0.717) is 54.6 Å². The number of aromatic nitrogens is 1. The van der Waals surface area contributed by atoms with E-state index in [9.17, 15) is 14.4 Å². The average molecular weight is 434 g/mol. The number of hydrogen-bond acceptors (Lipinski definition) is 6. The van der Waals surface area contributed by atoms with Crippen molar-refractivity contribution in [3.05, 3.63) is 72.3 Å². The van der Waals surface area contributed by atoms with Crippen LogP contribution in [0.4, 0.5) is 5.69 Å². The fraction of sp³-hybridized carbons (Fsp3) is 0.217. The van der Waals surface area contributed by atoms with E-state index < -0.39 is 5.91 Å². The van der Waals surface area contributed by atoms with Crippen LogP contribution >= 0.6 is 0 Å². The Morgan fingerprint density at radius 3 is 2.56 bits per heavy atom. The molecule has 3 heterocycles. The Balaban J connectivity index is 1.29. The summed E-state index contributed by atoms with van der Waals surface area (Å²) in [6, 6.07) is 13.1. The van der Waals surface area contributed by atoms with E-state index in [0.717, 1.165) is 0 Å². The third-order valence-electron chi connectivity index (χ3n) is 5.23. The standard InChI is InChI=1S/C23H22N4O5/c24-21(28)16-3-1-4-18(13-16)32-20-7-6-17(14-25-20)26-22(29)15-8-10-27(11-9-15)23(30)19-5-2-12-31-19/h1-7,12-15H,8-11H2,(H2,24,28)(H,26,29). The average Bonchev–Trinajstić information content (AvgIpc) is 3.35. The fourth-order valence-electron chi connectivity index (χ4n) is 3.49. The van der Waals surface area contributed by atoms with Crippen molar-refractivity contribution in [2.24, 2.45) is 11.7 Å². The number of furan rings is 1. The van der Waals surface area contributed by atoms with E-state index in [-0.39, 0.29) is 17.7 Å². The minimum Gasteiger partial charge on any atom is -0.459 e. The maximum Gasteiger partial charge on any atom is 0.289 e. The second-order valence-electron chi connectivity index (χ2n) is 7.41. The van der Waals surface area contributed by atoms with E-state index in [4.69, 9.17) is 14.9 Å². The molecule has 9 heteroatoms. The molecule has 3 aromatic rings. The lowest BCUT2D eigenvalue weighted by atomic mass is 9.95. The number of anilines is 1. The summed E-state index contributed by atoms with van der Waals surface area (Å²) < 4.78 is 10.8. The lowest BCUT2D eigenvalue weighted by Gasteiger charge is -2.30. The van der Waals surface area contributed by atoms with Gasteiger partial charge in [-0.3, -0.25) is 14.4 Å². The number of piperidine rings is 1. The van der Waals surface area contributed by atoms with Gasteiger partial charge in [-0.25, -0.2) is 4.98 Å². The molecular weight excluding hydrogens is 412 g/mol. The number of hydrogen-bond donors (Lipinski definition) is 2. The van der Waals surface area contributed by atoms with Crippen molar-refractivity contribution in [2.45, 2.75) is 12.8 Å². The first kappa shape index (κ1) is 21.1. The molecule has 0 radical (unpaired) electrons. The van der Waals surface area contributed by atoms with E-state index in [1.165, 1.54) is 18.5 Å². The van der Waals surface area contributed by atoms with E-state index in [1.807, 2.05) is 0 Å². The Kier molecular flexibility index (Phi) is 6.16. The zero-order valence-corrected chi connectivity index (χ0v) is 17.2. The number of carbonyl (C=O) groups excluding carboxylic acids is 3. The van der Waals surface area contributed by atoms with Gasteiger partial charge in [-0.2, -0.15) is 0 Å². The van der Waals surface area contributed by atoms with Gasteiger partial charge in [0, 0.05) is 30.6 Å². The first-order chi connectivity index (χ1) is 15.5. The Morgan fingerprint density at radius 2 is 1.91 bits per heavy atom. The molecule has 0 bridgehead atoms. The molecule has 2 aromatic heterocycles. The van der Waals surface area contributed by atoms with Crippen LogP contribution in [0.5, 0.6) is 11.6 Å². The number of amides is 3. The van der Waals surface area contributed by atoms with Gasteiger partial charge in [0.05, 0.1) is 18.1 Å². The Hall–Kier alpha value is -4.14. The number of nitrogens with one attached hydrogen (secondary N) is 1. The van der Waals surface area contributed by atoms with Crippen LogP contribution < -0.4 is 15.8 Å². The van der Waals surface area contributed by atoms with E-state index in [2.05, 4.69) is 10.3 Å². The smallest absolute Gasteiger partial charge is 0.289 e. The van der Waals surface area contributed by atoms with Crippen LogP contribution in [0.15, 0.2) is 65.4 Å². The van der Waals surface area contributed by atoms with Crippen LogP contribution in [0.1, 0.15) is 33.8 Å². The van der Waals surface area contributed by atoms with Crippen LogP contribution in [0.3, 0.4) is 0 Å². The molecule has 0 aliphatic carbocycles. The maximum atomic E-state index is 12.6. The quantitative estimate of drug-likeness (QED) is 0.614. The second-order valence-corrected chi connectivity index (χ2v) is 7.41. The molecule has 1 saturated heterocycles. The first-order valence-electron chi connectivity index (χ1n) is 10.2. The Morgan fingerprint density at radius 1 is 1.09 bits per heavy atom. The lowest BCUT2D eigenvalue weighted by Crippen LogP contribution is -2.41. The number of pyridine rings is 1. The summed E-state index contributed by atoms with van der Waals surface area (Å²) in [5.74, 6) is 0.0499. The molecule has 1 fully saturated rings. The summed E-state index contributed by atoms with van der Waals surface area (Å²) in [5, 5.41) is 2.86. The van der Waals surface area contributed by atoms with Crippen LogP contribution in [0.25, 0.3) is 0 Å². The number of rotatable bonds is 6. The molecule has 0 saturated carbocycles. The van der Waals surface area contributed by atoms with Crippen molar-refractivity contribution in [1.29, 1.82) is 0 Å². The van der Waals surface area contributed by atoms with Gasteiger partial charge in [0.15, 0.2) is 5.76 Å². The van der Waals surface area contributed by atoms with Crippen molar-refractivity contribution in [2.75, 3.05) is 18.4 Å². The summed E-state index contributed by atoms with van der Waals surface area (Å²) in [6.45, 7) is 0.986. The van der Waals surface area contributed by atoms with Crippen LogP contribution in [-0.2, 0) is 4.79 Å². The summed E-state index contributed by atoms with van der Waals surface area (Å²) in [4.78, 5) is 42.1. The number of carbonyl (C=O) groups is 3. The highest BCUT2D eigenvalue weighted by atomic mass is 16.5. The van der Waals surface area contributed by atoms with Gasteiger partial charge in [0.1, 0.15) is 5.75 Å². The molecule has 1 aliphatic heterocycles. The number of primary amides is 1. The summed E-state index contributed by atoms with van der Waals surface area (Å²) >= 11 is 0. The van der Waals surface area contributed by atoms with Crippen LogP contribution in [0, 0.1) is 5.92 Å². The van der Waals surface area contributed by atoms with Crippen LogP contribution in [0.2, 0.25) is 0 Å². The minimum absolute atomic E-state index is 0.111. The first-order valence-corrected chi connectivity index (χ1v) is 10.2. The molecule has 1 aromatic carbocycles. The normalized spacial score (nSPS) is 14.1. The summed E-state index contributed by atoms with van der Waals surface area (Å²) in [6.07, 6.45) is 4.11. The number of nitrogens with two attached hydrogens (primary N) is 1. The highest BCUT2D eigenvalue weighted by Crippen LogP contribution is 2.23. The monoisotopic (exact) mass is 434 g/mol.